The fourth-order valence-corrected chi connectivity index (χ4v) is 3.25. The van der Waals surface area contributed by atoms with Crippen LogP contribution in [0.1, 0.15) is 33.7 Å². The Morgan fingerprint density at radius 1 is 1.31 bits per heavy atom. The van der Waals surface area contributed by atoms with Crippen LogP contribution in [-0.2, 0) is 0 Å². The van der Waals surface area contributed by atoms with E-state index in [1.165, 1.54) is 6.08 Å². The van der Waals surface area contributed by atoms with Gasteiger partial charge in [-0.3, -0.25) is 0 Å². The van der Waals surface area contributed by atoms with E-state index in [2.05, 4.69) is 15.3 Å². The van der Waals surface area contributed by atoms with E-state index < -0.39 is 11.7 Å². The number of carboxylic acid groups (broad SMARTS) is 1. The molecule has 2 aromatic heterocycles. The maximum Gasteiger partial charge on any atom is 0.345 e. The zero-order valence-corrected chi connectivity index (χ0v) is 17.2. The average Bonchev–Trinajstić information content (AvgIpc) is 3.31. The van der Waals surface area contributed by atoms with Crippen molar-refractivity contribution in [2.24, 2.45) is 4.99 Å². The van der Waals surface area contributed by atoms with E-state index in [0.717, 1.165) is 11.1 Å². The maximum atomic E-state index is 11.8. The summed E-state index contributed by atoms with van der Waals surface area (Å²) in [5.41, 5.74) is 2.39. The van der Waals surface area contributed by atoms with Crippen molar-refractivity contribution < 1.29 is 29.3 Å². The molecule has 1 aliphatic rings. The van der Waals surface area contributed by atoms with E-state index in [1.807, 2.05) is 13.0 Å². The Morgan fingerprint density at radius 2 is 2.16 bits per heavy atom. The molecule has 3 heterocycles. The van der Waals surface area contributed by atoms with Crippen molar-refractivity contribution in [1.29, 1.82) is 0 Å². The van der Waals surface area contributed by atoms with Gasteiger partial charge in [0.25, 0.3) is 0 Å². The Balaban J connectivity index is 1.64. The molecule has 4 rings (SSSR count). The van der Waals surface area contributed by atoms with E-state index in [0.29, 0.717) is 35.9 Å². The largest absolute Gasteiger partial charge is 0.504 e. The number of hydrogen-bond acceptors (Lipinski definition) is 8. The third-order valence-corrected chi connectivity index (χ3v) is 4.85. The van der Waals surface area contributed by atoms with Crippen molar-refractivity contribution in [2.45, 2.75) is 13.3 Å². The highest BCUT2D eigenvalue weighted by Gasteiger charge is 2.26. The number of aryl methyl sites for hydroxylation is 1. The molecule has 4 N–H and O–H groups in total. The Hall–Kier alpha value is -4.11. The zero-order valence-electron chi connectivity index (χ0n) is 17.2. The van der Waals surface area contributed by atoms with Gasteiger partial charge in [0.1, 0.15) is 5.75 Å². The number of ether oxygens (including phenoxy) is 1. The first-order valence-corrected chi connectivity index (χ1v) is 9.89. The summed E-state index contributed by atoms with van der Waals surface area (Å²) in [7, 11) is 0. The highest BCUT2D eigenvalue weighted by atomic mass is 16.5. The molecule has 1 aromatic carbocycles. The Bertz CT molecular complexity index is 1230. The van der Waals surface area contributed by atoms with Gasteiger partial charge in [0, 0.05) is 42.3 Å². The lowest BCUT2D eigenvalue weighted by molar-refractivity contribution is 0.0694. The van der Waals surface area contributed by atoms with Gasteiger partial charge < -0.3 is 29.8 Å². The monoisotopic (exact) mass is 435 g/mol. The van der Waals surface area contributed by atoms with Crippen LogP contribution in [0.4, 0.5) is 17.4 Å². The van der Waals surface area contributed by atoms with Crippen LogP contribution < -0.4 is 10.1 Å². The minimum atomic E-state index is -1.33. The van der Waals surface area contributed by atoms with Gasteiger partial charge >= 0.3 is 5.97 Å². The number of nitrogens with one attached hydrogen (secondary N) is 1. The summed E-state index contributed by atoms with van der Waals surface area (Å²) in [5, 5.41) is 32.0. The number of fused-ring (bicyclic) bond motifs is 1. The normalized spacial score (nSPS) is 13.4. The third-order valence-electron chi connectivity index (χ3n) is 4.85. The molecule has 0 saturated heterocycles. The molecule has 3 aromatic rings. The highest BCUT2D eigenvalue weighted by molar-refractivity contribution is 6.21. The minimum Gasteiger partial charge on any atom is -0.504 e. The van der Waals surface area contributed by atoms with E-state index in [-0.39, 0.29) is 23.8 Å². The Kier molecular flexibility index (Phi) is 5.91. The van der Waals surface area contributed by atoms with Crippen LogP contribution in [0.2, 0.25) is 0 Å². The summed E-state index contributed by atoms with van der Waals surface area (Å²) in [4.78, 5) is 20.2. The smallest absolute Gasteiger partial charge is 0.345 e. The van der Waals surface area contributed by atoms with Crippen LogP contribution in [0.15, 0.2) is 45.9 Å². The number of benzene rings is 1. The van der Waals surface area contributed by atoms with Gasteiger partial charge in [-0.1, -0.05) is 0 Å². The molecule has 1 aliphatic heterocycles. The summed E-state index contributed by atoms with van der Waals surface area (Å²) in [5.74, 6) is -0.758. The SMILES string of the molecule is Cc1cc(OCCCO)ccc1Nc1oc(C=C2C=Nc3ncccc32)c(O)c1C(=O)O. The predicted molar refractivity (Wildman–Crippen MR) is 119 cm³/mol. The van der Waals surface area contributed by atoms with Crippen LogP contribution in [0, 0.1) is 6.92 Å². The number of carboxylic acids is 1. The molecule has 0 fully saturated rings. The number of furan rings is 1. The number of pyridine rings is 1. The van der Waals surface area contributed by atoms with Crippen molar-refractivity contribution in [2.75, 3.05) is 18.5 Å². The molecule has 164 valence electrons. The van der Waals surface area contributed by atoms with Gasteiger partial charge in [-0.25, -0.2) is 14.8 Å². The molecular formula is C23H21N3O6. The molecular weight excluding hydrogens is 414 g/mol. The zero-order chi connectivity index (χ0) is 22.7. The average molecular weight is 435 g/mol. The fraction of sp³-hybridized carbons (Fsp3) is 0.174. The van der Waals surface area contributed by atoms with Gasteiger partial charge in [-0.15, -0.1) is 0 Å². The van der Waals surface area contributed by atoms with E-state index in [1.54, 1.807) is 36.7 Å². The molecule has 0 radical (unpaired) electrons. The maximum absolute atomic E-state index is 11.8. The Morgan fingerprint density at radius 3 is 2.91 bits per heavy atom. The van der Waals surface area contributed by atoms with Crippen LogP contribution in [0.5, 0.6) is 11.5 Å². The topological polar surface area (TPSA) is 137 Å². The van der Waals surface area contributed by atoms with Crippen molar-refractivity contribution in [3.8, 4) is 11.5 Å². The van der Waals surface area contributed by atoms with Crippen molar-refractivity contribution >= 4 is 41.2 Å². The number of aromatic nitrogens is 1. The van der Waals surface area contributed by atoms with E-state index >= 15 is 0 Å². The molecule has 0 bridgehead atoms. The van der Waals surface area contributed by atoms with Crippen LogP contribution in [-0.4, -0.2) is 45.7 Å². The van der Waals surface area contributed by atoms with E-state index in [9.17, 15) is 15.0 Å². The molecule has 9 heteroatoms. The van der Waals surface area contributed by atoms with Crippen LogP contribution in [0.25, 0.3) is 11.6 Å². The fourth-order valence-electron chi connectivity index (χ4n) is 3.25. The third kappa shape index (κ3) is 4.19. The molecule has 9 nitrogen and oxygen atoms in total. The number of aliphatic hydroxyl groups is 1. The second-order valence-corrected chi connectivity index (χ2v) is 7.08. The number of rotatable bonds is 8. The summed E-state index contributed by atoms with van der Waals surface area (Å²) >= 11 is 0. The predicted octanol–water partition coefficient (Wildman–Crippen LogP) is 4.15. The number of aromatic carboxylic acids is 1. The summed E-state index contributed by atoms with van der Waals surface area (Å²) in [6.07, 6.45) is 5.25. The first kappa shape index (κ1) is 21.1. The lowest BCUT2D eigenvalue weighted by Crippen LogP contribution is -2.02. The number of aromatic hydroxyl groups is 1. The van der Waals surface area contributed by atoms with Gasteiger partial charge in [-0.2, -0.15) is 0 Å². The lowest BCUT2D eigenvalue weighted by atomic mass is 10.1. The molecule has 0 unspecified atom stereocenters. The van der Waals surface area contributed by atoms with Crippen LogP contribution in [0.3, 0.4) is 0 Å². The van der Waals surface area contributed by atoms with Crippen molar-refractivity contribution in [3.63, 3.8) is 0 Å². The highest BCUT2D eigenvalue weighted by Crippen LogP contribution is 2.39. The second-order valence-electron chi connectivity index (χ2n) is 7.08. The number of hydrogen-bond donors (Lipinski definition) is 4. The Labute approximate surface area is 183 Å². The number of aliphatic hydroxyl groups excluding tert-OH is 1. The molecule has 0 saturated carbocycles. The number of allylic oxidation sites excluding steroid dienone is 1. The van der Waals surface area contributed by atoms with Gasteiger partial charge in [-0.05, 0) is 48.9 Å². The molecule has 0 atom stereocenters. The number of aliphatic imine (C=N–C) groups is 1. The molecule has 0 aliphatic carbocycles. The lowest BCUT2D eigenvalue weighted by Gasteiger charge is -2.11. The second kappa shape index (κ2) is 8.94. The number of nitrogens with zero attached hydrogens (tertiary/aromatic N) is 2. The quantitative estimate of drug-likeness (QED) is 0.387. The minimum absolute atomic E-state index is 0.00957. The molecule has 0 spiro atoms. The number of carbonyl (C=O) groups is 1. The van der Waals surface area contributed by atoms with Gasteiger partial charge in [0.2, 0.25) is 5.88 Å². The van der Waals surface area contributed by atoms with Crippen molar-refractivity contribution in [1.82, 2.24) is 4.98 Å². The standard InChI is InChI=1S/C23H21N3O6/c1-13-10-15(31-9-3-8-27)5-6-17(13)26-22-19(23(29)30)20(28)18(32-22)11-14-12-25-21-16(14)4-2-7-24-21/h2,4-7,10-12,26-28H,3,8-9H2,1H3,(H,29,30). The van der Waals surface area contributed by atoms with E-state index in [4.69, 9.17) is 14.3 Å². The van der Waals surface area contributed by atoms with Gasteiger partial charge in [0.05, 0.1) is 6.61 Å². The summed E-state index contributed by atoms with van der Waals surface area (Å²) in [6, 6.07) is 8.81. The number of anilines is 2. The molecule has 32 heavy (non-hydrogen) atoms. The summed E-state index contributed by atoms with van der Waals surface area (Å²) < 4.78 is 11.2. The van der Waals surface area contributed by atoms with Crippen molar-refractivity contribution in [3.05, 3.63) is 59.0 Å². The molecule has 0 amide bonds. The van der Waals surface area contributed by atoms with Crippen LogP contribution >= 0.6 is 0 Å². The van der Waals surface area contributed by atoms with Gasteiger partial charge in [0.15, 0.2) is 22.9 Å². The first-order valence-electron chi connectivity index (χ1n) is 9.89. The summed E-state index contributed by atoms with van der Waals surface area (Å²) in [6.45, 7) is 2.26. The first-order chi connectivity index (χ1) is 15.5.